The van der Waals surface area contributed by atoms with E-state index in [2.05, 4.69) is 46.0 Å². The number of hydrogen-bond donors (Lipinski definition) is 0. The second-order valence-electron chi connectivity index (χ2n) is 6.60. The van der Waals surface area contributed by atoms with E-state index < -0.39 is 8.32 Å². The molecule has 0 unspecified atom stereocenters. The molecule has 20 heavy (non-hydrogen) atoms. The summed E-state index contributed by atoms with van der Waals surface area (Å²) in [6, 6.07) is 9.89. The van der Waals surface area contributed by atoms with E-state index in [1.165, 1.54) is 5.56 Å². The van der Waals surface area contributed by atoms with Gasteiger partial charge in [-0.3, -0.25) is 0 Å². The van der Waals surface area contributed by atoms with Gasteiger partial charge in [0.1, 0.15) is 0 Å². The number of allylic oxidation sites excluding steroid dienone is 1. The van der Waals surface area contributed by atoms with Crippen LogP contribution in [0, 0.1) is 11.3 Å². The molecule has 0 amide bonds. The molecule has 0 fully saturated rings. The molecule has 0 spiro atoms. The van der Waals surface area contributed by atoms with Gasteiger partial charge in [-0.2, -0.15) is 5.26 Å². The fraction of sp³-hybridized carbons (Fsp3) is 0.471. The molecule has 0 radical (unpaired) electrons. The molecule has 0 aliphatic heterocycles. The lowest BCUT2D eigenvalue weighted by atomic mass is 10.1. The number of nitrogens with zero attached hydrogens (tertiary/aromatic N) is 1. The Hall–Kier alpha value is -1.53. The second-order valence-corrected chi connectivity index (χ2v) is 11.4. The fourth-order valence-corrected chi connectivity index (χ4v) is 2.25. The number of rotatable bonds is 5. The van der Waals surface area contributed by atoms with Gasteiger partial charge in [0.05, 0.1) is 17.9 Å². The molecule has 0 saturated carbocycles. The smallest absolute Gasteiger partial charge is 0.249 e. The molecule has 108 valence electrons. The normalized spacial score (nSPS) is 12.4. The third kappa shape index (κ3) is 4.86. The molecular weight excluding hydrogens is 262 g/mol. The van der Waals surface area contributed by atoms with Gasteiger partial charge in [-0.1, -0.05) is 39.0 Å². The topological polar surface area (TPSA) is 33.0 Å². The van der Waals surface area contributed by atoms with Gasteiger partial charge in [-0.05, 0) is 48.7 Å². The van der Waals surface area contributed by atoms with Crippen LogP contribution in [0.3, 0.4) is 0 Å². The molecule has 0 aromatic heterocycles. The van der Waals surface area contributed by atoms with E-state index in [4.69, 9.17) is 9.69 Å². The Morgan fingerprint density at radius 2 is 1.80 bits per heavy atom. The van der Waals surface area contributed by atoms with Gasteiger partial charge in [0.15, 0.2) is 0 Å². The van der Waals surface area contributed by atoms with Crippen LogP contribution in [-0.4, -0.2) is 8.32 Å². The van der Waals surface area contributed by atoms with E-state index in [1.807, 2.05) is 30.5 Å². The van der Waals surface area contributed by atoms with Crippen LogP contribution in [0.15, 0.2) is 36.6 Å². The molecule has 0 N–H and O–H groups in total. The van der Waals surface area contributed by atoms with Crippen LogP contribution in [0.1, 0.15) is 38.3 Å². The number of aryl methyl sites for hydroxylation is 1. The van der Waals surface area contributed by atoms with Gasteiger partial charge in [0.2, 0.25) is 8.32 Å². The van der Waals surface area contributed by atoms with E-state index in [0.717, 1.165) is 12.8 Å². The summed E-state index contributed by atoms with van der Waals surface area (Å²) in [5.41, 5.74) is 1.96. The predicted molar refractivity (Wildman–Crippen MR) is 86.9 cm³/mol. The van der Waals surface area contributed by atoms with E-state index in [1.54, 1.807) is 0 Å². The van der Waals surface area contributed by atoms with E-state index >= 15 is 0 Å². The summed E-state index contributed by atoms with van der Waals surface area (Å²) in [6.45, 7) is 11.2. The molecule has 1 aromatic carbocycles. The van der Waals surface area contributed by atoms with Crippen molar-refractivity contribution in [3.8, 4) is 6.07 Å². The summed E-state index contributed by atoms with van der Waals surface area (Å²) >= 11 is 0. The highest BCUT2D eigenvalue weighted by Crippen LogP contribution is 2.36. The Bertz CT molecular complexity index is 489. The van der Waals surface area contributed by atoms with Crippen molar-refractivity contribution in [3.63, 3.8) is 0 Å². The Morgan fingerprint density at radius 3 is 2.30 bits per heavy atom. The largest absolute Gasteiger partial charge is 0.549 e. The minimum absolute atomic E-state index is 0.241. The maximum atomic E-state index is 8.74. The Kier molecular flexibility index (Phi) is 5.59. The summed E-state index contributed by atoms with van der Waals surface area (Å²) in [6.07, 6.45) is 5.91. The molecule has 0 heterocycles. The zero-order valence-corrected chi connectivity index (χ0v) is 14.2. The SMILES string of the molecule is CC(C)(C)[Si](C)(C)OC=CCCc1ccc(C#N)cc1. The van der Waals surface area contributed by atoms with E-state index in [-0.39, 0.29) is 5.04 Å². The van der Waals surface area contributed by atoms with Crippen molar-refractivity contribution in [1.82, 2.24) is 0 Å². The van der Waals surface area contributed by atoms with Crippen molar-refractivity contribution in [1.29, 1.82) is 5.26 Å². The monoisotopic (exact) mass is 287 g/mol. The highest BCUT2D eigenvalue weighted by atomic mass is 28.4. The Balaban J connectivity index is 2.41. The first-order chi connectivity index (χ1) is 9.26. The molecule has 0 bridgehead atoms. The first kappa shape index (κ1) is 16.5. The molecule has 0 saturated heterocycles. The standard InChI is InChI=1S/C17H25NOSi/c1-17(2,3)20(4,5)19-13-7-6-8-15-9-11-16(14-18)12-10-15/h7,9-13H,6,8H2,1-5H3. The lowest BCUT2D eigenvalue weighted by molar-refractivity contribution is 0.428. The molecule has 2 nitrogen and oxygen atoms in total. The maximum absolute atomic E-state index is 8.74. The third-order valence-corrected chi connectivity index (χ3v) is 8.29. The van der Waals surface area contributed by atoms with E-state index in [9.17, 15) is 0 Å². The van der Waals surface area contributed by atoms with Crippen molar-refractivity contribution >= 4 is 8.32 Å². The number of benzene rings is 1. The lowest BCUT2D eigenvalue weighted by Gasteiger charge is -2.34. The summed E-state index contributed by atoms with van der Waals surface area (Å²) in [7, 11) is -1.67. The first-order valence-electron chi connectivity index (χ1n) is 7.08. The molecule has 3 heteroatoms. The van der Waals surface area contributed by atoms with Crippen molar-refractivity contribution in [3.05, 3.63) is 47.7 Å². The van der Waals surface area contributed by atoms with Crippen molar-refractivity contribution < 1.29 is 4.43 Å². The number of hydrogen-bond acceptors (Lipinski definition) is 2. The van der Waals surface area contributed by atoms with Crippen molar-refractivity contribution in [2.24, 2.45) is 0 Å². The molecule has 0 aliphatic rings. The van der Waals surface area contributed by atoms with Crippen LogP contribution in [0.2, 0.25) is 18.1 Å². The third-order valence-electron chi connectivity index (χ3n) is 3.95. The maximum Gasteiger partial charge on any atom is 0.249 e. The second kappa shape index (κ2) is 6.76. The van der Waals surface area contributed by atoms with Gasteiger partial charge >= 0.3 is 0 Å². The van der Waals surface area contributed by atoms with Gasteiger partial charge in [-0.15, -0.1) is 0 Å². The van der Waals surface area contributed by atoms with Gasteiger partial charge < -0.3 is 4.43 Å². The molecular formula is C17H25NOSi. The van der Waals surface area contributed by atoms with Crippen LogP contribution < -0.4 is 0 Å². The van der Waals surface area contributed by atoms with Gasteiger partial charge in [0, 0.05) is 0 Å². The molecule has 1 rings (SSSR count). The quantitative estimate of drug-likeness (QED) is 0.562. The van der Waals surface area contributed by atoms with Crippen LogP contribution in [-0.2, 0) is 10.8 Å². The van der Waals surface area contributed by atoms with Gasteiger partial charge in [0.25, 0.3) is 0 Å². The molecule has 0 aliphatic carbocycles. The first-order valence-corrected chi connectivity index (χ1v) is 9.99. The van der Waals surface area contributed by atoms with Crippen LogP contribution >= 0.6 is 0 Å². The highest BCUT2D eigenvalue weighted by Gasteiger charge is 2.37. The minimum Gasteiger partial charge on any atom is -0.549 e. The molecule has 1 aromatic rings. The van der Waals surface area contributed by atoms with Crippen LogP contribution in [0.25, 0.3) is 0 Å². The average molecular weight is 287 g/mol. The number of nitriles is 1. The highest BCUT2D eigenvalue weighted by molar-refractivity contribution is 6.74. The lowest BCUT2D eigenvalue weighted by Crippen LogP contribution is -2.39. The summed E-state index contributed by atoms with van der Waals surface area (Å²) in [5.74, 6) is 0. The zero-order chi connectivity index (χ0) is 15.2. The fourth-order valence-electron chi connectivity index (χ4n) is 1.46. The van der Waals surface area contributed by atoms with E-state index in [0.29, 0.717) is 5.56 Å². The van der Waals surface area contributed by atoms with Gasteiger partial charge in [-0.25, -0.2) is 0 Å². The van der Waals surface area contributed by atoms with Crippen LogP contribution in [0.4, 0.5) is 0 Å². The Labute approximate surface area is 124 Å². The summed E-state index contributed by atoms with van der Waals surface area (Å²) in [4.78, 5) is 0. The zero-order valence-electron chi connectivity index (χ0n) is 13.2. The minimum atomic E-state index is -1.67. The Morgan fingerprint density at radius 1 is 1.20 bits per heavy atom. The average Bonchev–Trinajstić information content (AvgIpc) is 2.37. The van der Waals surface area contributed by atoms with Crippen molar-refractivity contribution in [2.75, 3.05) is 0 Å². The van der Waals surface area contributed by atoms with Crippen LogP contribution in [0.5, 0.6) is 0 Å². The van der Waals surface area contributed by atoms with Crippen molar-refractivity contribution in [2.45, 2.75) is 51.7 Å². The summed E-state index contributed by atoms with van der Waals surface area (Å²) < 4.78 is 5.98. The predicted octanol–water partition coefficient (Wildman–Crippen LogP) is 5.03. The molecule has 0 atom stereocenters. The summed E-state index contributed by atoms with van der Waals surface area (Å²) in [5, 5.41) is 8.98.